The number of aromatic nitrogens is 2. The van der Waals surface area contributed by atoms with E-state index >= 15 is 0 Å². The molecule has 1 unspecified atom stereocenters. The molecule has 120 valence electrons. The lowest BCUT2D eigenvalue weighted by molar-refractivity contribution is 0.420. The van der Waals surface area contributed by atoms with Crippen LogP contribution in [0.3, 0.4) is 0 Å². The van der Waals surface area contributed by atoms with E-state index in [1.165, 1.54) is 0 Å². The van der Waals surface area contributed by atoms with Gasteiger partial charge in [-0.15, -0.1) is 0 Å². The van der Waals surface area contributed by atoms with Crippen molar-refractivity contribution in [2.24, 2.45) is 0 Å². The van der Waals surface area contributed by atoms with Crippen molar-refractivity contribution < 1.29 is 0 Å². The van der Waals surface area contributed by atoms with Crippen LogP contribution in [0.1, 0.15) is 72.3 Å². The molecule has 1 atom stereocenters. The quantitative estimate of drug-likeness (QED) is 0.867. The lowest BCUT2D eigenvalue weighted by atomic mass is 10.1. The van der Waals surface area contributed by atoms with Crippen LogP contribution in [0.15, 0.2) is 6.20 Å². The molecular weight excluding hydrogens is 260 g/mol. The molecule has 0 bridgehead atoms. The maximum atomic E-state index is 4.80. The summed E-state index contributed by atoms with van der Waals surface area (Å²) in [5.74, 6) is 1.27. The van der Waals surface area contributed by atoms with E-state index in [9.17, 15) is 0 Å². The minimum absolute atomic E-state index is 0.0785. The van der Waals surface area contributed by atoms with E-state index in [0.29, 0.717) is 12.0 Å². The lowest BCUT2D eigenvalue weighted by Gasteiger charge is -2.29. The Morgan fingerprint density at radius 3 is 2.33 bits per heavy atom. The Morgan fingerprint density at radius 2 is 1.86 bits per heavy atom. The molecule has 1 rings (SSSR count). The third-order valence-electron chi connectivity index (χ3n) is 3.80. The van der Waals surface area contributed by atoms with Gasteiger partial charge in [-0.3, -0.25) is 0 Å². The minimum Gasteiger partial charge on any atom is -0.369 e. The smallest absolute Gasteiger partial charge is 0.131 e. The van der Waals surface area contributed by atoms with Gasteiger partial charge in [0.15, 0.2) is 0 Å². The first-order chi connectivity index (χ1) is 9.65. The van der Waals surface area contributed by atoms with Crippen LogP contribution in [0.2, 0.25) is 0 Å². The molecule has 0 aliphatic carbocycles. The summed E-state index contributed by atoms with van der Waals surface area (Å²) in [6, 6.07) is 0.479. The first-order valence-corrected chi connectivity index (χ1v) is 7.99. The zero-order chi connectivity index (χ0) is 16.2. The van der Waals surface area contributed by atoms with Crippen LogP contribution in [0, 0.1) is 0 Å². The van der Waals surface area contributed by atoms with Gasteiger partial charge >= 0.3 is 0 Å². The molecule has 0 saturated carbocycles. The number of rotatable bonds is 6. The zero-order valence-electron chi connectivity index (χ0n) is 15.0. The zero-order valence-corrected chi connectivity index (χ0v) is 15.0. The van der Waals surface area contributed by atoms with Gasteiger partial charge < -0.3 is 10.2 Å². The Hall–Kier alpha value is -1.16. The van der Waals surface area contributed by atoms with Crippen LogP contribution >= 0.6 is 0 Å². The van der Waals surface area contributed by atoms with Crippen molar-refractivity contribution in [1.82, 2.24) is 15.3 Å². The highest BCUT2D eigenvalue weighted by Gasteiger charge is 2.18. The van der Waals surface area contributed by atoms with Gasteiger partial charge in [-0.2, -0.15) is 0 Å². The van der Waals surface area contributed by atoms with Crippen LogP contribution in [0.5, 0.6) is 0 Å². The van der Waals surface area contributed by atoms with E-state index in [1.807, 2.05) is 6.20 Å². The fraction of sp³-hybridized carbons (Fsp3) is 0.765. The Bertz CT molecular complexity index is 449. The molecule has 4 nitrogen and oxygen atoms in total. The summed E-state index contributed by atoms with van der Waals surface area (Å²) in [6.45, 7) is 16.0. The number of anilines is 1. The summed E-state index contributed by atoms with van der Waals surface area (Å²) in [5.41, 5.74) is 2.30. The molecule has 0 amide bonds. The van der Waals surface area contributed by atoms with E-state index in [0.717, 1.165) is 30.2 Å². The normalized spacial score (nSPS) is 13.6. The highest BCUT2D eigenvalue weighted by molar-refractivity contribution is 5.49. The summed E-state index contributed by atoms with van der Waals surface area (Å²) in [4.78, 5) is 11.6. The molecule has 1 N–H and O–H groups in total. The Labute approximate surface area is 130 Å². The Kier molecular flexibility index (Phi) is 6.14. The summed E-state index contributed by atoms with van der Waals surface area (Å²) in [7, 11) is 2.13. The molecule has 1 aromatic heterocycles. The first kappa shape index (κ1) is 17.9. The number of nitrogens with one attached hydrogen (secondary N) is 1. The van der Waals surface area contributed by atoms with E-state index < -0.39 is 0 Å². The van der Waals surface area contributed by atoms with Crippen molar-refractivity contribution in [3.63, 3.8) is 0 Å². The molecule has 0 radical (unpaired) electrons. The second-order valence-corrected chi connectivity index (χ2v) is 7.19. The predicted octanol–water partition coefficient (Wildman–Crippen LogP) is 3.72. The Balaban J connectivity index is 3.10. The van der Waals surface area contributed by atoms with Gasteiger partial charge in [0.1, 0.15) is 5.82 Å². The minimum atomic E-state index is 0.0785. The van der Waals surface area contributed by atoms with Crippen LogP contribution in [0.25, 0.3) is 0 Å². The molecule has 0 aromatic carbocycles. The van der Waals surface area contributed by atoms with Gasteiger partial charge in [0, 0.05) is 31.1 Å². The summed E-state index contributed by atoms with van der Waals surface area (Å²) in [5, 5.41) is 3.54. The van der Waals surface area contributed by atoms with Crippen molar-refractivity contribution in [1.29, 1.82) is 0 Å². The Morgan fingerprint density at radius 1 is 1.24 bits per heavy atom. The van der Waals surface area contributed by atoms with E-state index in [-0.39, 0.29) is 5.54 Å². The van der Waals surface area contributed by atoms with Gasteiger partial charge in [0.05, 0.1) is 17.6 Å². The topological polar surface area (TPSA) is 41.1 Å². The van der Waals surface area contributed by atoms with Gasteiger partial charge in [0.2, 0.25) is 0 Å². The molecule has 0 aliphatic heterocycles. The highest BCUT2D eigenvalue weighted by Crippen LogP contribution is 2.22. The number of nitrogens with zero attached hydrogens (tertiary/aromatic N) is 3. The average molecular weight is 292 g/mol. The molecule has 4 heteroatoms. The van der Waals surface area contributed by atoms with Crippen LogP contribution in [-0.2, 0) is 6.54 Å². The standard InChI is InChI=1S/C17H32N4/c1-9-13(4)21(8)15-11-18-16(12(2)3)20-14(15)10-19-17(5,6)7/h11-13,19H,9-10H2,1-8H3. The van der Waals surface area contributed by atoms with Crippen molar-refractivity contribution in [2.45, 2.75) is 78.9 Å². The van der Waals surface area contributed by atoms with Crippen molar-refractivity contribution in [2.75, 3.05) is 11.9 Å². The van der Waals surface area contributed by atoms with Crippen LogP contribution in [-0.4, -0.2) is 28.6 Å². The monoisotopic (exact) mass is 292 g/mol. The first-order valence-electron chi connectivity index (χ1n) is 7.99. The average Bonchev–Trinajstić information content (AvgIpc) is 2.42. The van der Waals surface area contributed by atoms with Gasteiger partial charge in [0.25, 0.3) is 0 Å². The second-order valence-electron chi connectivity index (χ2n) is 7.19. The second kappa shape index (κ2) is 7.21. The summed E-state index contributed by atoms with van der Waals surface area (Å²) >= 11 is 0. The van der Waals surface area contributed by atoms with E-state index in [4.69, 9.17) is 4.98 Å². The van der Waals surface area contributed by atoms with Crippen molar-refractivity contribution >= 4 is 5.69 Å². The number of hydrogen-bond acceptors (Lipinski definition) is 4. The molecule has 1 aromatic rings. The summed E-state index contributed by atoms with van der Waals surface area (Å²) < 4.78 is 0. The van der Waals surface area contributed by atoms with E-state index in [1.54, 1.807) is 0 Å². The van der Waals surface area contributed by atoms with E-state index in [2.05, 4.69) is 70.7 Å². The lowest BCUT2D eigenvalue weighted by Crippen LogP contribution is -2.37. The number of hydrogen-bond donors (Lipinski definition) is 1. The molecule has 21 heavy (non-hydrogen) atoms. The molecule has 0 aliphatic rings. The van der Waals surface area contributed by atoms with Crippen LogP contribution in [0.4, 0.5) is 5.69 Å². The van der Waals surface area contributed by atoms with Crippen molar-refractivity contribution in [3.8, 4) is 0 Å². The molecule has 1 heterocycles. The highest BCUT2D eigenvalue weighted by atomic mass is 15.2. The largest absolute Gasteiger partial charge is 0.369 e. The third-order valence-corrected chi connectivity index (χ3v) is 3.80. The molecule has 0 fully saturated rings. The summed E-state index contributed by atoms with van der Waals surface area (Å²) in [6.07, 6.45) is 3.09. The third kappa shape index (κ3) is 5.27. The van der Waals surface area contributed by atoms with Gasteiger partial charge in [-0.25, -0.2) is 9.97 Å². The van der Waals surface area contributed by atoms with Gasteiger partial charge in [-0.1, -0.05) is 20.8 Å². The maximum absolute atomic E-state index is 4.80. The SMILES string of the molecule is CCC(C)N(C)c1cnc(C(C)C)nc1CNC(C)(C)C. The van der Waals surface area contributed by atoms with Gasteiger partial charge in [-0.05, 0) is 34.1 Å². The van der Waals surface area contributed by atoms with Crippen molar-refractivity contribution in [3.05, 3.63) is 17.7 Å². The molecular formula is C17H32N4. The fourth-order valence-electron chi connectivity index (χ4n) is 1.99. The molecule has 0 spiro atoms. The molecule has 0 saturated heterocycles. The predicted molar refractivity (Wildman–Crippen MR) is 90.9 cm³/mol. The maximum Gasteiger partial charge on any atom is 0.131 e. The van der Waals surface area contributed by atoms with Crippen LogP contribution < -0.4 is 10.2 Å². The fourth-order valence-corrected chi connectivity index (χ4v) is 1.99.